The van der Waals surface area contributed by atoms with Gasteiger partial charge >= 0.3 is 5.97 Å². The molecule has 8 heteroatoms. The lowest BCUT2D eigenvalue weighted by Gasteiger charge is -2.12. The molecule has 0 unspecified atom stereocenters. The van der Waals surface area contributed by atoms with Gasteiger partial charge in [0.15, 0.2) is 6.61 Å². The number of nitrogens with zero attached hydrogens (tertiary/aromatic N) is 1. The summed E-state index contributed by atoms with van der Waals surface area (Å²) in [6.07, 6.45) is 1.59. The summed E-state index contributed by atoms with van der Waals surface area (Å²) >= 11 is 6.77. The van der Waals surface area contributed by atoms with Crippen molar-refractivity contribution in [1.82, 2.24) is 0 Å². The van der Waals surface area contributed by atoms with Crippen LogP contribution in [-0.2, 0) is 9.59 Å². The average molecular weight is 390 g/mol. The third kappa shape index (κ3) is 4.07. The molecule has 26 heavy (non-hydrogen) atoms. The number of carboxylic acids is 1. The van der Waals surface area contributed by atoms with Crippen LogP contribution >= 0.6 is 23.4 Å². The Bertz CT molecular complexity index is 910. The molecule has 0 saturated carbocycles. The van der Waals surface area contributed by atoms with Gasteiger partial charge in [-0.15, -0.1) is 0 Å². The van der Waals surface area contributed by atoms with Crippen LogP contribution in [0.25, 0.3) is 6.08 Å². The largest absolute Gasteiger partial charge is 0.482 e. The highest BCUT2D eigenvalue weighted by Gasteiger charge is 2.36. The number of thioether (sulfide) groups is 1. The van der Waals surface area contributed by atoms with Crippen LogP contribution in [0.15, 0.2) is 53.4 Å². The molecular formula is C18H12ClNO5S. The van der Waals surface area contributed by atoms with E-state index in [0.29, 0.717) is 22.0 Å². The zero-order chi connectivity index (χ0) is 18.7. The second-order valence-corrected chi connectivity index (χ2v) is 6.68. The van der Waals surface area contributed by atoms with E-state index in [2.05, 4.69) is 0 Å². The molecule has 1 aliphatic heterocycles. The van der Waals surface area contributed by atoms with Crippen molar-refractivity contribution < 1.29 is 24.2 Å². The summed E-state index contributed by atoms with van der Waals surface area (Å²) in [6.45, 7) is -0.433. The molecule has 0 atom stereocenters. The Kier molecular flexibility index (Phi) is 5.29. The molecule has 3 rings (SSSR count). The molecule has 2 aromatic rings. The van der Waals surface area contributed by atoms with Crippen LogP contribution in [0.1, 0.15) is 5.56 Å². The van der Waals surface area contributed by atoms with Gasteiger partial charge in [-0.3, -0.25) is 9.59 Å². The molecule has 1 N–H and O–H groups in total. The average Bonchev–Trinajstić information content (AvgIpc) is 2.88. The van der Waals surface area contributed by atoms with Gasteiger partial charge in [0.2, 0.25) is 0 Å². The van der Waals surface area contributed by atoms with Crippen LogP contribution in [0, 0.1) is 0 Å². The van der Waals surface area contributed by atoms with Crippen molar-refractivity contribution in [3.05, 3.63) is 64.0 Å². The minimum atomic E-state index is -1.07. The maximum atomic E-state index is 12.6. The first kappa shape index (κ1) is 18.0. The molecule has 1 fully saturated rings. The molecule has 0 spiro atoms. The molecule has 0 aliphatic carbocycles. The van der Waals surface area contributed by atoms with Crippen LogP contribution in [0.3, 0.4) is 0 Å². The van der Waals surface area contributed by atoms with Crippen molar-refractivity contribution in [2.24, 2.45) is 0 Å². The highest BCUT2D eigenvalue weighted by Crippen LogP contribution is 2.36. The fourth-order valence-corrected chi connectivity index (χ4v) is 3.29. The molecule has 2 amide bonds. The molecular weight excluding hydrogens is 378 g/mol. The lowest BCUT2D eigenvalue weighted by molar-refractivity contribution is -0.139. The third-order valence-corrected chi connectivity index (χ3v) is 4.50. The smallest absolute Gasteiger partial charge is 0.341 e. The molecule has 1 saturated heterocycles. The summed E-state index contributed by atoms with van der Waals surface area (Å²) < 4.78 is 5.05. The van der Waals surface area contributed by atoms with Crippen molar-refractivity contribution in [1.29, 1.82) is 0 Å². The molecule has 2 aromatic carbocycles. The van der Waals surface area contributed by atoms with Crippen LogP contribution in [0.2, 0.25) is 5.02 Å². The number of aliphatic carboxylic acids is 1. The van der Waals surface area contributed by atoms with Gasteiger partial charge in [0.05, 0.1) is 10.6 Å². The standard InChI is InChI=1S/C18H12ClNO5S/c19-12-2-1-3-13(9-12)20-17(23)15(26-18(20)24)8-11-4-6-14(7-5-11)25-10-16(21)22/h1-9H,10H2,(H,21,22)/b15-8-. The number of imide groups is 1. The number of hydrogen-bond donors (Lipinski definition) is 1. The number of amides is 2. The van der Waals surface area contributed by atoms with E-state index >= 15 is 0 Å². The van der Waals surface area contributed by atoms with E-state index in [4.69, 9.17) is 21.4 Å². The van der Waals surface area contributed by atoms with E-state index in [0.717, 1.165) is 16.7 Å². The van der Waals surface area contributed by atoms with E-state index in [-0.39, 0.29) is 4.91 Å². The number of ether oxygens (including phenoxy) is 1. The summed E-state index contributed by atoms with van der Waals surface area (Å²) in [6, 6.07) is 13.0. The number of benzene rings is 2. The van der Waals surface area contributed by atoms with E-state index in [1.54, 1.807) is 54.6 Å². The quantitative estimate of drug-likeness (QED) is 0.777. The van der Waals surface area contributed by atoms with Gasteiger partial charge < -0.3 is 9.84 Å². The predicted molar refractivity (Wildman–Crippen MR) is 99.5 cm³/mol. The minimum Gasteiger partial charge on any atom is -0.482 e. The van der Waals surface area contributed by atoms with Crippen LogP contribution in [0.4, 0.5) is 10.5 Å². The number of carbonyl (C=O) groups excluding carboxylic acids is 2. The van der Waals surface area contributed by atoms with Gasteiger partial charge in [0.1, 0.15) is 5.75 Å². The second-order valence-electron chi connectivity index (χ2n) is 5.25. The van der Waals surface area contributed by atoms with Crippen molar-refractivity contribution in [2.75, 3.05) is 11.5 Å². The fraction of sp³-hybridized carbons (Fsp3) is 0.0556. The number of halogens is 1. The molecule has 1 aliphatic rings. The monoisotopic (exact) mass is 389 g/mol. The number of carboxylic acid groups (broad SMARTS) is 1. The minimum absolute atomic E-state index is 0.286. The summed E-state index contributed by atoms with van der Waals surface area (Å²) in [4.78, 5) is 36.6. The SMILES string of the molecule is O=C(O)COc1ccc(/C=C2\SC(=O)N(c3cccc(Cl)c3)C2=O)cc1. The van der Waals surface area contributed by atoms with E-state index < -0.39 is 23.7 Å². The molecule has 132 valence electrons. The van der Waals surface area contributed by atoms with Crippen molar-refractivity contribution in [3.63, 3.8) is 0 Å². The van der Waals surface area contributed by atoms with Crippen molar-refractivity contribution in [3.8, 4) is 5.75 Å². The summed E-state index contributed by atoms with van der Waals surface area (Å²) in [5.74, 6) is -1.09. The van der Waals surface area contributed by atoms with E-state index in [9.17, 15) is 14.4 Å². The topological polar surface area (TPSA) is 83.9 Å². The highest BCUT2D eigenvalue weighted by atomic mass is 35.5. The first-order valence-corrected chi connectivity index (χ1v) is 8.61. The molecule has 0 aromatic heterocycles. The summed E-state index contributed by atoms with van der Waals surface area (Å²) in [5.41, 5.74) is 1.10. The van der Waals surface area contributed by atoms with Crippen molar-refractivity contribution >= 4 is 52.2 Å². The van der Waals surface area contributed by atoms with Gasteiger partial charge in [0.25, 0.3) is 11.1 Å². The predicted octanol–water partition coefficient (Wildman–Crippen LogP) is 4.04. The second kappa shape index (κ2) is 7.63. The Morgan fingerprint density at radius 2 is 1.92 bits per heavy atom. The Morgan fingerprint density at radius 1 is 1.19 bits per heavy atom. The zero-order valence-corrected chi connectivity index (χ0v) is 14.8. The van der Waals surface area contributed by atoms with Gasteiger partial charge in [0, 0.05) is 5.02 Å². The van der Waals surface area contributed by atoms with E-state index in [1.165, 1.54) is 0 Å². The van der Waals surface area contributed by atoms with Gasteiger partial charge in [-0.05, 0) is 53.7 Å². The van der Waals surface area contributed by atoms with Crippen LogP contribution in [0.5, 0.6) is 5.75 Å². The lowest BCUT2D eigenvalue weighted by atomic mass is 10.2. The molecule has 0 bridgehead atoms. The lowest BCUT2D eigenvalue weighted by Crippen LogP contribution is -2.27. The number of carbonyl (C=O) groups is 3. The van der Waals surface area contributed by atoms with E-state index in [1.807, 2.05) is 0 Å². The molecule has 6 nitrogen and oxygen atoms in total. The van der Waals surface area contributed by atoms with Crippen LogP contribution in [-0.4, -0.2) is 28.8 Å². The maximum absolute atomic E-state index is 12.6. The Hall–Kier alpha value is -2.77. The molecule has 1 heterocycles. The Morgan fingerprint density at radius 3 is 2.58 bits per heavy atom. The number of rotatable bonds is 5. The first-order chi connectivity index (χ1) is 12.4. The van der Waals surface area contributed by atoms with Gasteiger partial charge in [-0.25, -0.2) is 9.69 Å². The Labute approximate surface area is 158 Å². The fourth-order valence-electron chi connectivity index (χ4n) is 2.26. The highest BCUT2D eigenvalue weighted by molar-refractivity contribution is 8.19. The summed E-state index contributed by atoms with van der Waals surface area (Å²) in [7, 11) is 0. The third-order valence-electron chi connectivity index (χ3n) is 3.40. The number of hydrogen-bond acceptors (Lipinski definition) is 5. The molecule has 0 radical (unpaired) electrons. The Balaban J connectivity index is 1.78. The van der Waals surface area contributed by atoms with Crippen LogP contribution < -0.4 is 9.64 Å². The zero-order valence-electron chi connectivity index (χ0n) is 13.2. The van der Waals surface area contributed by atoms with Gasteiger partial charge in [-0.2, -0.15) is 0 Å². The van der Waals surface area contributed by atoms with Gasteiger partial charge in [-0.1, -0.05) is 29.8 Å². The maximum Gasteiger partial charge on any atom is 0.341 e. The van der Waals surface area contributed by atoms with Crippen molar-refractivity contribution in [2.45, 2.75) is 0 Å². The summed E-state index contributed by atoms with van der Waals surface area (Å²) in [5, 5.41) is 8.62. The normalized spacial score (nSPS) is 15.6. The number of anilines is 1. The first-order valence-electron chi connectivity index (χ1n) is 7.42.